The van der Waals surface area contributed by atoms with E-state index in [2.05, 4.69) is 0 Å². The van der Waals surface area contributed by atoms with Gasteiger partial charge in [0, 0.05) is 6.92 Å². The zero-order valence-corrected chi connectivity index (χ0v) is 5.30. The minimum atomic E-state index is -1.43. The van der Waals surface area contributed by atoms with Crippen molar-refractivity contribution in [2.24, 2.45) is 0 Å². The van der Waals surface area contributed by atoms with Crippen LogP contribution in [0.3, 0.4) is 0 Å². The largest absolute Gasteiger partial charge is 0.338 e. The number of hydrogen-bond acceptors (Lipinski definition) is 3. The molecule has 0 saturated heterocycles. The molecule has 0 unspecified atom stereocenters. The fourth-order valence-corrected chi connectivity index (χ4v) is 0.352. The number of nitrogens with one attached hydrogen (secondary N) is 2. The summed E-state index contributed by atoms with van der Waals surface area (Å²) in [5.41, 5.74) is 6.41. The van der Waals surface area contributed by atoms with Crippen LogP contribution in [0, 0.1) is 0 Å². The minimum Gasteiger partial charge on any atom is -0.338 e. The first-order valence-electron chi connectivity index (χ1n) is 2.48. The molecular weight excluding hydrogens is 136 g/mol. The van der Waals surface area contributed by atoms with Gasteiger partial charge in [-0.15, -0.1) is 0 Å². The Bertz CT molecular complexity index is 166. The molecule has 0 aromatic carbocycles. The third-order valence-electron chi connectivity index (χ3n) is 0.728. The molecule has 2 radical (unpaired) electrons. The molecule has 0 rings (SSSR count). The van der Waals surface area contributed by atoms with Crippen LogP contribution < -0.4 is 11.1 Å². The standard InChI is InChI=1S/C5H6N2O3/c1-3(9)7-4(2-8)5(6)10/h4,6H,1H3,(H,7,9)/t4-/m0/s1. The second kappa shape index (κ2) is 3.60. The van der Waals surface area contributed by atoms with Crippen molar-refractivity contribution >= 4 is 18.1 Å². The highest BCUT2D eigenvalue weighted by Crippen LogP contribution is 1.76. The van der Waals surface area contributed by atoms with Crippen molar-refractivity contribution in [2.75, 3.05) is 0 Å². The first-order valence-corrected chi connectivity index (χ1v) is 2.48. The summed E-state index contributed by atoms with van der Waals surface area (Å²) in [6.45, 7) is 1.15. The summed E-state index contributed by atoms with van der Waals surface area (Å²) in [5.74, 6) is -1.70. The van der Waals surface area contributed by atoms with Crippen LogP contribution in [0.15, 0.2) is 0 Å². The first kappa shape index (κ1) is 8.61. The molecule has 2 N–H and O–H groups in total. The maximum atomic E-state index is 10.2. The maximum Gasteiger partial charge on any atom is 0.269 e. The Morgan fingerprint density at radius 2 is 2.10 bits per heavy atom. The second-order valence-corrected chi connectivity index (χ2v) is 1.62. The van der Waals surface area contributed by atoms with Crippen molar-refractivity contribution in [1.82, 2.24) is 11.1 Å². The van der Waals surface area contributed by atoms with Crippen molar-refractivity contribution in [3.05, 3.63) is 0 Å². The highest BCUT2D eigenvalue weighted by atomic mass is 16.2. The summed E-state index contributed by atoms with van der Waals surface area (Å²) in [4.78, 5) is 30.1. The van der Waals surface area contributed by atoms with Crippen molar-refractivity contribution in [1.29, 1.82) is 0 Å². The van der Waals surface area contributed by atoms with E-state index in [9.17, 15) is 14.4 Å². The van der Waals surface area contributed by atoms with Crippen molar-refractivity contribution in [2.45, 2.75) is 13.0 Å². The molecule has 0 heterocycles. The molecule has 0 aliphatic carbocycles. The summed E-state index contributed by atoms with van der Waals surface area (Å²) in [5, 5.41) is 1.93. The van der Waals surface area contributed by atoms with Crippen LogP contribution in [0.4, 0.5) is 0 Å². The average Bonchev–Trinajstić information content (AvgIpc) is 1.81. The summed E-state index contributed by atoms with van der Waals surface area (Å²) in [7, 11) is 0. The van der Waals surface area contributed by atoms with Crippen molar-refractivity contribution in [3.8, 4) is 0 Å². The molecule has 0 aliphatic rings. The SMILES string of the molecule is CC(=O)N[C@@H]([C]=O)C([NH])=O. The smallest absolute Gasteiger partial charge is 0.269 e. The fourth-order valence-electron chi connectivity index (χ4n) is 0.352. The molecule has 0 fully saturated rings. The molecule has 0 aliphatic heterocycles. The van der Waals surface area contributed by atoms with E-state index < -0.39 is 17.9 Å². The molecule has 0 aromatic heterocycles. The van der Waals surface area contributed by atoms with Gasteiger partial charge < -0.3 is 5.32 Å². The fraction of sp³-hybridized carbons (Fsp3) is 0.400. The van der Waals surface area contributed by atoms with Crippen LogP contribution in [-0.4, -0.2) is 24.1 Å². The summed E-state index contributed by atoms with van der Waals surface area (Å²) >= 11 is 0. The van der Waals surface area contributed by atoms with E-state index in [4.69, 9.17) is 5.73 Å². The van der Waals surface area contributed by atoms with E-state index in [1.54, 1.807) is 0 Å². The lowest BCUT2D eigenvalue weighted by molar-refractivity contribution is -0.125. The number of rotatable bonds is 3. The predicted octanol–water partition coefficient (Wildman–Crippen LogP) is -1.59. The van der Waals surface area contributed by atoms with E-state index in [1.165, 1.54) is 6.29 Å². The number of amides is 2. The summed E-state index contributed by atoms with van der Waals surface area (Å²) in [6, 6.07) is -1.43. The van der Waals surface area contributed by atoms with Crippen molar-refractivity contribution < 1.29 is 14.4 Å². The van der Waals surface area contributed by atoms with E-state index in [1.807, 2.05) is 5.32 Å². The molecule has 5 nitrogen and oxygen atoms in total. The lowest BCUT2D eigenvalue weighted by atomic mass is 10.3. The second-order valence-electron chi connectivity index (χ2n) is 1.62. The topological polar surface area (TPSA) is 87.0 Å². The van der Waals surface area contributed by atoms with Gasteiger partial charge in [0.1, 0.15) is 0 Å². The first-order chi connectivity index (χ1) is 4.57. The molecule has 0 aromatic rings. The van der Waals surface area contributed by atoms with E-state index >= 15 is 0 Å². The Hall–Kier alpha value is -1.39. The summed E-state index contributed by atoms with van der Waals surface area (Å²) in [6.07, 6.45) is 1.21. The number of hydrogen-bond donors (Lipinski definition) is 1. The lowest BCUT2D eigenvalue weighted by Gasteiger charge is -2.02. The van der Waals surface area contributed by atoms with E-state index in [0.717, 1.165) is 6.92 Å². The molecule has 54 valence electrons. The van der Waals surface area contributed by atoms with Gasteiger partial charge in [-0.1, -0.05) is 0 Å². The number of carbonyl (C=O) groups is 2. The van der Waals surface area contributed by atoms with Gasteiger partial charge in [-0.2, -0.15) is 0 Å². The van der Waals surface area contributed by atoms with Gasteiger partial charge in [0.25, 0.3) is 5.91 Å². The zero-order chi connectivity index (χ0) is 8.15. The van der Waals surface area contributed by atoms with Gasteiger partial charge >= 0.3 is 0 Å². The van der Waals surface area contributed by atoms with Crippen LogP contribution in [0.25, 0.3) is 0 Å². The van der Waals surface area contributed by atoms with Gasteiger partial charge in [0.15, 0.2) is 6.04 Å². The Morgan fingerprint density at radius 3 is 2.20 bits per heavy atom. The highest BCUT2D eigenvalue weighted by molar-refractivity contribution is 5.97. The molecule has 1 atom stereocenters. The lowest BCUT2D eigenvalue weighted by Crippen LogP contribution is -2.41. The van der Waals surface area contributed by atoms with Gasteiger partial charge in [-0.05, 0) is 0 Å². The van der Waals surface area contributed by atoms with Crippen LogP contribution in [0.1, 0.15) is 6.92 Å². The summed E-state index contributed by atoms with van der Waals surface area (Å²) < 4.78 is 0. The Balaban J connectivity index is 3.96. The minimum absolute atomic E-state index is 0.533. The molecule has 10 heavy (non-hydrogen) atoms. The maximum absolute atomic E-state index is 10.2. The molecule has 0 spiro atoms. The van der Waals surface area contributed by atoms with Crippen LogP contribution in [-0.2, 0) is 14.4 Å². The Morgan fingerprint density at radius 1 is 1.60 bits per heavy atom. The number of carbonyl (C=O) groups excluding carboxylic acids is 3. The predicted molar refractivity (Wildman–Crippen MR) is 31.4 cm³/mol. The molecule has 0 saturated carbocycles. The average molecular weight is 142 g/mol. The van der Waals surface area contributed by atoms with E-state index in [0.29, 0.717) is 0 Å². The van der Waals surface area contributed by atoms with Gasteiger partial charge in [0.05, 0.1) is 0 Å². The molecule has 5 heteroatoms. The van der Waals surface area contributed by atoms with Gasteiger partial charge in [0.2, 0.25) is 12.2 Å². The van der Waals surface area contributed by atoms with Crippen molar-refractivity contribution in [3.63, 3.8) is 0 Å². The normalized spacial score (nSPS) is 11.7. The molecule has 2 amide bonds. The Labute approximate surface area is 57.6 Å². The monoisotopic (exact) mass is 142 g/mol. The third kappa shape index (κ3) is 2.81. The van der Waals surface area contributed by atoms with Gasteiger partial charge in [-0.3, -0.25) is 20.1 Å². The molecular formula is C5H6N2O3. The van der Waals surface area contributed by atoms with E-state index in [-0.39, 0.29) is 0 Å². The zero-order valence-electron chi connectivity index (χ0n) is 5.30. The van der Waals surface area contributed by atoms with Gasteiger partial charge in [-0.25, -0.2) is 0 Å². The third-order valence-corrected chi connectivity index (χ3v) is 0.728. The van der Waals surface area contributed by atoms with Crippen LogP contribution >= 0.6 is 0 Å². The highest BCUT2D eigenvalue weighted by Gasteiger charge is 2.15. The Kier molecular flexibility index (Phi) is 3.10. The van der Waals surface area contributed by atoms with Crippen LogP contribution in [0.5, 0.6) is 0 Å². The molecule has 0 bridgehead atoms. The van der Waals surface area contributed by atoms with Crippen LogP contribution in [0.2, 0.25) is 0 Å². The quantitative estimate of drug-likeness (QED) is 0.482.